The number of alkyl halides is 3. The molecule has 0 bridgehead atoms. The summed E-state index contributed by atoms with van der Waals surface area (Å²) in [7, 11) is 0. The van der Waals surface area contributed by atoms with E-state index >= 15 is 0 Å². The lowest BCUT2D eigenvalue weighted by molar-refractivity contribution is -0.757. The number of pyridine rings is 1. The molecule has 0 amide bonds. The maximum Gasteiger partial charge on any atom is 0.422 e. The third-order valence-electron chi connectivity index (χ3n) is 5.06. The van der Waals surface area contributed by atoms with Crippen molar-refractivity contribution < 1.29 is 41.9 Å². The Morgan fingerprint density at radius 2 is 1.95 bits per heavy atom. The molecule has 2 heterocycles. The van der Waals surface area contributed by atoms with Crippen LogP contribution in [0.5, 0.6) is 5.75 Å². The number of halogens is 3. The second-order valence-corrected chi connectivity index (χ2v) is 9.14. The smallest absolute Gasteiger partial charge is 0.422 e. The summed E-state index contributed by atoms with van der Waals surface area (Å²) in [6.07, 6.45) is -1.74. The summed E-state index contributed by atoms with van der Waals surface area (Å²) < 4.78 is 60.5. The van der Waals surface area contributed by atoms with E-state index in [2.05, 4.69) is 19.8 Å². The van der Waals surface area contributed by atoms with Crippen LogP contribution in [-0.2, 0) is 26.5 Å². The van der Waals surface area contributed by atoms with Gasteiger partial charge in [0.25, 0.3) is 5.09 Å². The molecule has 0 aliphatic rings. The number of benzene rings is 1. The zero-order valence-corrected chi connectivity index (χ0v) is 20.4. The molecule has 1 atom stereocenters. The highest BCUT2D eigenvalue weighted by Gasteiger charge is 2.29. The molecule has 0 aliphatic carbocycles. The number of ether oxygens (including phenoxy) is 2. The number of nitrogens with zero attached hydrogens (tertiary/aromatic N) is 3. The number of fused-ring (bicyclic) bond motifs is 1. The van der Waals surface area contributed by atoms with E-state index in [9.17, 15) is 32.6 Å². The van der Waals surface area contributed by atoms with Gasteiger partial charge in [-0.1, -0.05) is 6.07 Å². The van der Waals surface area contributed by atoms with E-state index < -0.39 is 35.0 Å². The topological polar surface area (TPSA) is 153 Å². The fourth-order valence-corrected chi connectivity index (χ4v) is 4.35. The van der Waals surface area contributed by atoms with E-state index in [0.717, 1.165) is 0 Å². The quantitative estimate of drug-likeness (QED) is 0.110. The van der Waals surface area contributed by atoms with Gasteiger partial charge in [0.15, 0.2) is 12.4 Å². The molecule has 11 nitrogen and oxygen atoms in total. The van der Waals surface area contributed by atoms with Crippen molar-refractivity contribution in [3.05, 3.63) is 57.4 Å². The number of carbonyl (C=O) groups excluding carboxylic acids is 1. The van der Waals surface area contributed by atoms with Crippen LogP contribution in [0.1, 0.15) is 40.9 Å². The molecule has 0 fully saturated rings. The summed E-state index contributed by atoms with van der Waals surface area (Å²) in [5.41, 5.74) is 1.46. The van der Waals surface area contributed by atoms with Gasteiger partial charge >= 0.3 is 17.3 Å². The van der Waals surface area contributed by atoms with Crippen molar-refractivity contribution >= 4 is 28.2 Å². The summed E-state index contributed by atoms with van der Waals surface area (Å²) in [6, 6.07) is 6.05. The highest BCUT2D eigenvalue weighted by molar-refractivity contribution is 7.90. The van der Waals surface area contributed by atoms with E-state index in [4.69, 9.17) is 9.47 Å². The average molecular weight is 545 g/mol. The Balaban J connectivity index is 1.63. The van der Waals surface area contributed by atoms with Crippen LogP contribution in [0.15, 0.2) is 35.6 Å². The predicted octanol–water partition coefficient (Wildman–Crippen LogP) is 4.05. The number of aromatic amines is 1. The molecule has 0 radical (unpaired) electrons. The number of unbranched alkanes of at least 4 members (excludes halogenated alkanes) is 2. The molecule has 0 spiro atoms. The minimum absolute atomic E-state index is 0.0146. The lowest BCUT2D eigenvalue weighted by Crippen LogP contribution is -2.20. The third kappa shape index (κ3) is 8.21. The molecule has 200 valence electrons. The van der Waals surface area contributed by atoms with Crippen molar-refractivity contribution in [1.82, 2.24) is 15.0 Å². The number of hydrogen-bond acceptors (Lipinski definition) is 9. The summed E-state index contributed by atoms with van der Waals surface area (Å²) in [5.74, 6) is -0.795. The minimum atomic E-state index is -4.50. The van der Waals surface area contributed by atoms with Crippen molar-refractivity contribution in [2.24, 2.45) is 0 Å². The number of esters is 1. The Morgan fingerprint density at radius 3 is 2.68 bits per heavy atom. The number of nitrogens with one attached hydrogen (secondary N) is 1. The fraction of sp³-hybridized carbons (Fsp3) is 0.409. The van der Waals surface area contributed by atoms with Crippen molar-refractivity contribution in [3.63, 3.8) is 0 Å². The maximum atomic E-state index is 13.0. The Kier molecular flexibility index (Phi) is 9.52. The number of para-hydroxylation sites is 1. The maximum absolute atomic E-state index is 13.0. The van der Waals surface area contributed by atoms with Crippen LogP contribution in [0.3, 0.4) is 0 Å². The van der Waals surface area contributed by atoms with Crippen LogP contribution in [0.25, 0.3) is 11.0 Å². The zero-order chi connectivity index (χ0) is 27.0. The first-order chi connectivity index (χ1) is 17.5. The predicted molar refractivity (Wildman–Crippen MR) is 124 cm³/mol. The van der Waals surface area contributed by atoms with Gasteiger partial charge in [-0.15, -0.1) is 10.1 Å². The first-order valence-corrected chi connectivity index (χ1v) is 12.3. The normalized spacial score (nSPS) is 12.4. The second-order valence-electron chi connectivity index (χ2n) is 7.77. The third-order valence-corrected chi connectivity index (χ3v) is 6.22. The molecule has 1 N–H and O–H groups in total. The summed E-state index contributed by atoms with van der Waals surface area (Å²) in [5, 5.41) is 9.30. The second kappa shape index (κ2) is 12.6. The Bertz CT molecular complexity index is 1240. The zero-order valence-electron chi connectivity index (χ0n) is 19.6. The highest BCUT2D eigenvalue weighted by atomic mass is 32.2. The summed E-state index contributed by atoms with van der Waals surface area (Å²) >= 11 is -1.76. The first-order valence-electron chi connectivity index (χ1n) is 11.0. The molecule has 0 saturated carbocycles. The summed E-state index contributed by atoms with van der Waals surface area (Å²) in [6.45, 7) is 0.119. The van der Waals surface area contributed by atoms with Gasteiger partial charge in [-0.05, 0) is 44.4 Å². The van der Waals surface area contributed by atoms with Gasteiger partial charge in [-0.2, -0.15) is 18.2 Å². The largest absolute Gasteiger partial charge is 0.609 e. The van der Waals surface area contributed by atoms with Gasteiger partial charge in [0.05, 0.1) is 30.0 Å². The number of hydrogen-bond donors (Lipinski definition) is 1. The molecular weight excluding hydrogens is 521 g/mol. The van der Waals surface area contributed by atoms with E-state index in [1.807, 2.05) is 0 Å². The Hall–Kier alpha value is -3.59. The average Bonchev–Trinajstić information content (AvgIpc) is 3.28. The standard InChI is InChI=1S/C22H23F3N4O7S/c1-14-17(26-9-8-18(14)35-13-22(23,24)25)12-37(33)21-27-16-7-5-6-15(19(16)28-21)20(30)34-10-3-2-4-11-36-29(31)32/h5-9H,2-4,10-13H2,1H3,(H,27,28). The summed E-state index contributed by atoms with van der Waals surface area (Å²) in [4.78, 5) is 38.2. The Labute approximate surface area is 211 Å². The van der Waals surface area contributed by atoms with Gasteiger partial charge in [0, 0.05) is 22.9 Å². The van der Waals surface area contributed by atoms with Gasteiger partial charge < -0.3 is 18.9 Å². The van der Waals surface area contributed by atoms with Gasteiger partial charge in [-0.3, -0.25) is 9.97 Å². The van der Waals surface area contributed by atoms with Crippen LogP contribution >= 0.6 is 0 Å². The van der Waals surface area contributed by atoms with Gasteiger partial charge in [-0.25, -0.2) is 4.79 Å². The number of H-pyrrole nitrogens is 1. The van der Waals surface area contributed by atoms with E-state index in [-0.39, 0.29) is 46.6 Å². The molecule has 2 aromatic heterocycles. The van der Waals surface area contributed by atoms with Crippen molar-refractivity contribution in [2.45, 2.75) is 43.3 Å². The molecule has 0 aliphatic heterocycles. The lowest BCUT2D eigenvalue weighted by Gasteiger charge is -2.14. The molecule has 1 aromatic carbocycles. The molecule has 0 saturated heterocycles. The van der Waals surface area contributed by atoms with Crippen LogP contribution in [0.4, 0.5) is 13.2 Å². The van der Waals surface area contributed by atoms with E-state index in [1.165, 1.54) is 25.3 Å². The van der Waals surface area contributed by atoms with E-state index in [1.54, 1.807) is 12.1 Å². The minimum Gasteiger partial charge on any atom is -0.609 e. The van der Waals surface area contributed by atoms with E-state index in [0.29, 0.717) is 30.3 Å². The van der Waals surface area contributed by atoms with Crippen LogP contribution < -0.4 is 4.74 Å². The number of rotatable bonds is 13. The molecule has 3 rings (SSSR count). The lowest BCUT2D eigenvalue weighted by atomic mass is 10.2. The van der Waals surface area contributed by atoms with Crippen molar-refractivity contribution in [2.75, 3.05) is 19.8 Å². The van der Waals surface area contributed by atoms with Crippen molar-refractivity contribution in [3.8, 4) is 5.75 Å². The molecule has 1 unspecified atom stereocenters. The van der Waals surface area contributed by atoms with Gasteiger partial charge in [0.2, 0.25) is 0 Å². The molecule has 37 heavy (non-hydrogen) atoms. The SMILES string of the molecule is Cc1c(OCC(F)(F)F)ccnc1C[S+]([O-])c1nc2c(C(=O)OCCCCCO[N+](=O)[O-])cccc2[nH]1. The Morgan fingerprint density at radius 1 is 1.19 bits per heavy atom. The number of carbonyl (C=O) groups is 1. The van der Waals surface area contributed by atoms with Gasteiger partial charge in [0.1, 0.15) is 11.3 Å². The van der Waals surface area contributed by atoms with Crippen LogP contribution in [0, 0.1) is 17.0 Å². The number of aromatic nitrogens is 3. The monoisotopic (exact) mass is 544 g/mol. The molecule has 15 heteroatoms. The number of imidazole rings is 1. The van der Waals surface area contributed by atoms with Crippen molar-refractivity contribution in [1.29, 1.82) is 0 Å². The highest BCUT2D eigenvalue weighted by Crippen LogP contribution is 2.26. The molecular formula is C22H23F3N4O7S. The molecule has 3 aromatic rings. The van der Waals surface area contributed by atoms with Crippen LogP contribution in [0.2, 0.25) is 0 Å². The van der Waals surface area contributed by atoms with Crippen LogP contribution in [-0.4, -0.2) is 56.6 Å². The first kappa shape index (κ1) is 28.0. The fourth-order valence-electron chi connectivity index (χ4n) is 3.26.